The zero-order valence-electron chi connectivity index (χ0n) is 14.4. The summed E-state index contributed by atoms with van der Waals surface area (Å²) in [6.45, 7) is 1.08. The number of benzene rings is 2. The maximum Gasteiger partial charge on any atom is 0.244 e. The van der Waals surface area contributed by atoms with Crippen LogP contribution in [0.2, 0.25) is 0 Å². The molecule has 0 fully saturated rings. The van der Waals surface area contributed by atoms with Crippen LogP contribution in [0.1, 0.15) is 11.1 Å². The van der Waals surface area contributed by atoms with Crippen molar-refractivity contribution < 1.29 is 14.3 Å². The molecule has 0 aliphatic carbocycles. The molecular weight excluding hydrogens is 318 g/mol. The quantitative estimate of drug-likeness (QED) is 0.670. The van der Waals surface area contributed by atoms with E-state index in [1.54, 1.807) is 6.21 Å². The average Bonchev–Trinajstić information content (AvgIpc) is 2.62. The van der Waals surface area contributed by atoms with Gasteiger partial charge in [-0.3, -0.25) is 4.79 Å². The van der Waals surface area contributed by atoms with E-state index in [9.17, 15) is 4.79 Å². The van der Waals surface area contributed by atoms with E-state index in [4.69, 9.17) is 9.47 Å². The summed E-state index contributed by atoms with van der Waals surface area (Å²) >= 11 is 0. The Balaban J connectivity index is 1.54. The molecule has 1 N–H and O–H groups in total. The maximum absolute atomic E-state index is 12.0. The zero-order valence-corrected chi connectivity index (χ0v) is 14.4. The lowest BCUT2D eigenvalue weighted by atomic mass is 10.1. The largest absolute Gasteiger partial charge is 0.486 e. The monoisotopic (exact) mass is 339 g/mol. The van der Waals surface area contributed by atoms with Crippen LogP contribution >= 0.6 is 0 Å². The van der Waals surface area contributed by atoms with Gasteiger partial charge in [-0.1, -0.05) is 18.2 Å². The van der Waals surface area contributed by atoms with Crippen LogP contribution in [0.25, 0.3) is 0 Å². The van der Waals surface area contributed by atoms with E-state index in [0.29, 0.717) is 19.0 Å². The number of nitrogens with one attached hydrogen (secondary N) is 1. The van der Waals surface area contributed by atoms with Crippen molar-refractivity contribution >= 4 is 17.8 Å². The number of hydrogen-bond donors (Lipinski definition) is 1. The molecule has 130 valence electrons. The van der Waals surface area contributed by atoms with Gasteiger partial charge in [-0.05, 0) is 35.4 Å². The van der Waals surface area contributed by atoms with Crippen LogP contribution in [0, 0.1) is 0 Å². The smallest absolute Gasteiger partial charge is 0.244 e. The Bertz CT molecular complexity index is 770. The van der Waals surface area contributed by atoms with Gasteiger partial charge >= 0.3 is 0 Å². The SMILES string of the molecule is CN(C)c1ccc(/C=N/NC(=O)Cc2ccc3c(c2)OCCO3)cc1. The van der Waals surface area contributed by atoms with Crippen molar-refractivity contribution in [2.45, 2.75) is 6.42 Å². The molecular formula is C19H21N3O3. The lowest BCUT2D eigenvalue weighted by Crippen LogP contribution is -2.20. The highest BCUT2D eigenvalue weighted by atomic mass is 16.6. The lowest BCUT2D eigenvalue weighted by molar-refractivity contribution is -0.120. The fraction of sp³-hybridized carbons (Fsp3) is 0.263. The van der Waals surface area contributed by atoms with Gasteiger partial charge in [0.1, 0.15) is 13.2 Å². The van der Waals surface area contributed by atoms with Crippen LogP contribution < -0.4 is 19.8 Å². The van der Waals surface area contributed by atoms with Gasteiger partial charge in [-0.15, -0.1) is 0 Å². The van der Waals surface area contributed by atoms with Gasteiger partial charge in [0.05, 0.1) is 12.6 Å². The van der Waals surface area contributed by atoms with E-state index < -0.39 is 0 Å². The molecule has 25 heavy (non-hydrogen) atoms. The summed E-state index contributed by atoms with van der Waals surface area (Å²) in [6, 6.07) is 13.4. The number of hydrogen-bond acceptors (Lipinski definition) is 5. The molecule has 0 radical (unpaired) electrons. The van der Waals surface area contributed by atoms with Gasteiger partial charge in [0, 0.05) is 19.8 Å². The van der Waals surface area contributed by atoms with Crippen molar-refractivity contribution in [3.05, 3.63) is 53.6 Å². The molecule has 0 unspecified atom stereocenters. The Morgan fingerprint density at radius 3 is 2.56 bits per heavy atom. The molecule has 2 aromatic rings. The van der Waals surface area contributed by atoms with Gasteiger partial charge in [0.25, 0.3) is 0 Å². The van der Waals surface area contributed by atoms with Gasteiger partial charge in [-0.2, -0.15) is 5.10 Å². The molecule has 1 aliphatic heterocycles. The van der Waals surface area contributed by atoms with Crippen molar-refractivity contribution in [2.75, 3.05) is 32.2 Å². The number of ether oxygens (including phenoxy) is 2. The van der Waals surface area contributed by atoms with Crippen LogP contribution in [0.4, 0.5) is 5.69 Å². The molecule has 6 nitrogen and oxygen atoms in total. The minimum Gasteiger partial charge on any atom is -0.486 e. The van der Waals surface area contributed by atoms with Crippen molar-refractivity contribution in [1.29, 1.82) is 0 Å². The first-order valence-corrected chi connectivity index (χ1v) is 8.09. The second-order valence-corrected chi connectivity index (χ2v) is 5.93. The number of fused-ring (bicyclic) bond motifs is 1. The number of amides is 1. The van der Waals surface area contributed by atoms with Crippen LogP contribution in [0.3, 0.4) is 0 Å². The van der Waals surface area contributed by atoms with Crippen molar-refractivity contribution in [3.63, 3.8) is 0 Å². The highest BCUT2D eigenvalue weighted by Crippen LogP contribution is 2.30. The molecule has 0 saturated carbocycles. The molecule has 3 rings (SSSR count). The predicted octanol–water partition coefficient (Wildman–Crippen LogP) is 2.22. The lowest BCUT2D eigenvalue weighted by Gasteiger charge is -2.18. The van der Waals surface area contributed by atoms with E-state index in [0.717, 1.165) is 22.6 Å². The van der Waals surface area contributed by atoms with E-state index in [-0.39, 0.29) is 12.3 Å². The first kappa shape index (κ1) is 16.8. The zero-order chi connectivity index (χ0) is 17.6. The first-order valence-electron chi connectivity index (χ1n) is 8.09. The molecule has 2 aromatic carbocycles. The van der Waals surface area contributed by atoms with Crippen LogP contribution in [0.5, 0.6) is 11.5 Å². The van der Waals surface area contributed by atoms with Crippen molar-refractivity contribution in [2.24, 2.45) is 5.10 Å². The van der Waals surface area contributed by atoms with Gasteiger partial charge < -0.3 is 14.4 Å². The Kier molecular flexibility index (Phi) is 5.18. The third-order valence-corrected chi connectivity index (χ3v) is 3.78. The van der Waals surface area contributed by atoms with E-state index in [1.165, 1.54) is 0 Å². The van der Waals surface area contributed by atoms with Crippen molar-refractivity contribution in [3.8, 4) is 11.5 Å². The molecule has 1 amide bonds. The fourth-order valence-corrected chi connectivity index (χ4v) is 2.46. The Hall–Kier alpha value is -3.02. The Morgan fingerprint density at radius 1 is 1.12 bits per heavy atom. The number of rotatable bonds is 5. The molecule has 0 aromatic heterocycles. The topological polar surface area (TPSA) is 63.2 Å². The van der Waals surface area contributed by atoms with E-state index in [1.807, 2.05) is 61.5 Å². The minimum absolute atomic E-state index is 0.183. The van der Waals surface area contributed by atoms with Crippen LogP contribution in [-0.2, 0) is 11.2 Å². The third-order valence-electron chi connectivity index (χ3n) is 3.78. The van der Waals surface area contributed by atoms with E-state index in [2.05, 4.69) is 10.5 Å². The average molecular weight is 339 g/mol. The number of anilines is 1. The summed E-state index contributed by atoms with van der Waals surface area (Å²) in [4.78, 5) is 14.0. The molecule has 0 spiro atoms. The van der Waals surface area contributed by atoms with Crippen LogP contribution in [-0.4, -0.2) is 39.4 Å². The normalized spacial score (nSPS) is 12.9. The highest BCUT2D eigenvalue weighted by Gasteiger charge is 2.12. The summed E-state index contributed by atoms with van der Waals surface area (Å²) in [6.07, 6.45) is 1.86. The number of carbonyl (C=O) groups excluding carboxylic acids is 1. The van der Waals surface area contributed by atoms with Gasteiger partial charge in [0.15, 0.2) is 11.5 Å². The highest BCUT2D eigenvalue weighted by molar-refractivity contribution is 5.83. The molecule has 1 aliphatic rings. The molecule has 6 heteroatoms. The third kappa shape index (κ3) is 4.50. The summed E-state index contributed by atoms with van der Waals surface area (Å²) in [7, 11) is 3.97. The van der Waals surface area contributed by atoms with Gasteiger partial charge in [0.2, 0.25) is 5.91 Å². The van der Waals surface area contributed by atoms with E-state index >= 15 is 0 Å². The number of nitrogens with zero attached hydrogens (tertiary/aromatic N) is 2. The molecule has 0 atom stereocenters. The number of carbonyl (C=O) groups is 1. The number of hydrazone groups is 1. The standard InChI is InChI=1S/C19H21N3O3/c1-22(2)16-6-3-14(4-7-16)13-20-21-19(23)12-15-5-8-17-18(11-15)25-10-9-24-17/h3-8,11,13H,9-10,12H2,1-2H3,(H,21,23)/b20-13+. The molecule has 0 saturated heterocycles. The summed E-state index contributed by atoms with van der Waals surface area (Å²) < 4.78 is 11.0. The second-order valence-electron chi connectivity index (χ2n) is 5.93. The Labute approximate surface area is 147 Å². The van der Waals surface area contributed by atoms with Gasteiger partial charge in [-0.25, -0.2) is 5.43 Å². The fourth-order valence-electron chi connectivity index (χ4n) is 2.46. The Morgan fingerprint density at radius 2 is 1.84 bits per heavy atom. The summed E-state index contributed by atoms with van der Waals surface area (Å²) in [5.41, 5.74) is 5.43. The maximum atomic E-state index is 12.0. The predicted molar refractivity (Wildman–Crippen MR) is 97.6 cm³/mol. The second kappa shape index (κ2) is 7.70. The van der Waals surface area contributed by atoms with Crippen molar-refractivity contribution in [1.82, 2.24) is 5.43 Å². The first-order chi connectivity index (χ1) is 12.1. The summed E-state index contributed by atoms with van der Waals surface area (Å²) in [5, 5.41) is 4.01. The van der Waals surface area contributed by atoms with Crippen LogP contribution in [0.15, 0.2) is 47.6 Å². The molecule has 0 bridgehead atoms. The molecule has 1 heterocycles. The summed E-state index contributed by atoms with van der Waals surface area (Å²) in [5.74, 6) is 1.22. The minimum atomic E-state index is -0.183.